The summed E-state index contributed by atoms with van der Waals surface area (Å²) in [5.74, 6) is -0.128. The normalized spacial score (nSPS) is 13.9. The monoisotopic (exact) mass is 294 g/mol. The molecule has 0 radical (unpaired) electrons. The Morgan fingerprint density at radius 2 is 1.19 bits per heavy atom. The molecule has 0 aromatic heterocycles. The minimum Gasteiger partial charge on any atom is -0.379 e. The third-order valence-corrected chi connectivity index (χ3v) is 3.32. The lowest BCUT2D eigenvalue weighted by Crippen LogP contribution is -2.18. The van der Waals surface area contributed by atoms with Crippen LogP contribution >= 0.6 is 0 Å². The number of ether oxygens (including phenoxy) is 1. The van der Waals surface area contributed by atoms with Crippen molar-refractivity contribution in [2.24, 2.45) is 11.8 Å². The van der Waals surface area contributed by atoms with Gasteiger partial charge in [0.25, 0.3) is 0 Å². The summed E-state index contributed by atoms with van der Waals surface area (Å²) in [5, 5.41) is 18.2. The number of hydrogen-bond donors (Lipinski definition) is 0. The Morgan fingerprint density at radius 1 is 0.810 bits per heavy atom. The molecule has 0 N–H and O–H groups in total. The molecule has 2 unspecified atom stereocenters. The molecule has 120 valence electrons. The Kier molecular flexibility index (Phi) is 11.9. The van der Waals surface area contributed by atoms with Crippen LogP contribution in [0.4, 0.5) is 0 Å². The lowest BCUT2D eigenvalue weighted by atomic mass is 10.0. The Balaban J connectivity index is 3.81. The Bertz CT molecular complexity index is 298. The van der Waals surface area contributed by atoms with Gasteiger partial charge in [0.05, 0.1) is 37.2 Å². The van der Waals surface area contributed by atoms with Crippen molar-refractivity contribution in [2.45, 2.75) is 25.7 Å². The summed E-state index contributed by atoms with van der Waals surface area (Å²) >= 11 is 0. The van der Waals surface area contributed by atoms with Gasteiger partial charge in [-0.3, -0.25) is 0 Å². The van der Waals surface area contributed by atoms with Crippen LogP contribution < -0.4 is 0 Å². The van der Waals surface area contributed by atoms with Gasteiger partial charge < -0.3 is 14.5 Å². The van der Waals surface area contributed by atoms with E-state index >= 15 is 0 Å². The first-order valence-electron chi connectivity index (χ1n) is 7.66. The molecule has 5 heteroatoms. The van der Waals surface area contributed by atoms with Gasteiger partial charge in [0.2, 0.25) is 0 Å². The van der Waals surface area contributed by atoms with E-state index in [1.165, 1.54) is 0 Å². The highest BCUT2D eigenvalue weighted by Gasteiger charge is 2.11. The fraction of sp³-hybridized carbons (Fsp3) is 0.875. The van der Waals surface area contributed by atoms with Gasteiger partial charge in [-0.05, 0) is 67.0 Å². The third-order valence-electron chi connectivity index (χ3n) is 3.32. The second-order valence-corrected chi connectivity index (χ2v) is 6.08. The van der Waals surface area contributed by atoms with E-state index < -0.39 is 0 Å². The maximum absolute atomic E-state index is 9.10. The summed E-state index contributed by atoms with van der Waals surface area (Å²) < 4.78 is 5.58. The Hall–Kier alpha value is -1.14. The van der Waals surface area contributed by atoms with Gasteiger partial charge in [-0.2, -0.15) is 10.5 Å². The van der Waals surface area contributed by atoms with Crippen molar-refractivity contribution in [3.8, 4) is 12.1 Å². The van der Waals surface area contributed by atoms with Crippen LogP contribution in [-0.4, -0.2) is 64.3 Å². The van der Waals surface area contributed by atoms with Crippen LogP contribution in [-0.2, 0) is 4.74 Å². The molecular formula is C16H30N4O. The molecule has 0 saturated heterocycles. The molecule has 0 bridgehead atoms. The summed E-state index contributed by atoms with van der Waals surface area (Å²) in [4.78, 5) is 4.23. The molecule has 0 heterocycles. The zero-order chi connectivity index (χ0) is 16.1. The highest BCUT2D eigenvalue weighted by molar-refractivity contribution is 4.85. The van der Waals surface area contributed by atoms with Crippen LogP contribution in [0.3, 0.4) is 0 Å². The van der Waals surface area contributed by atoms with Gasteiger partial charge in [0.1, 0.15) is 0 Å². The lowest BCUT2D eigenvalue weighted by Gasteiger charge is -2.15. The molecule has 21 heavy (non-hydrogen) atoms. The van der Waals surface area contributed by atoms with Crippen molar-refractivity contribution in [3.05, 3.63) is 0 Å². The summed E-state index contributed by atoms with van der Waals surface area (Å²) in [5.41, 5.74) is 0. The van der Waals surface area contributed by atoms with E-state index in [0.717, 1.165) is 38.8 Å². The SMILES string of the molecule is CN(C)CCCC(C#N)COCC(C#N)CCCN(C)C. The zero-order valence-corrected chi connectivity index (χ0v) is 14.0. The van der Waals surface area contributed by atoms with Gasteiger partial charge in [-0.25, -0.2) is 0 Å². The number of rotatable bonds is 12. The molecule has 0 fully saturated rings. The largest absolute Gasteiger partial charge is 0.379 e. The molecule has 5 nitrogen and oxygen atoms in total. The highest BCUT2D eigenvalue weighted by atomic mass is 16.5. The summed E-state index contributed by atoms with van der Waals surface area (Å²) in [7, 11) is 8.12. The van der Waals surface area contributed by atoms with E-state index in [0.29, 0.717) is 13.2 Å². The smallest absolute Gasteiger partial charge is 0.0697 e. The zero-order valence-electron chi connectivity index (χ0n) is 14.0. The second-order valence-electron chi connectivity index (χ2n) is 6.08. The minimum absolute atomic E-state index is 0.0638. The average Bonchev–Trinajstić information content (AvgIpc) is 2.43. The first-order valence-corrected chi connectivity index (χ1v) is 7.66. The van der Waals surface area contributed by atoms with Crippen LogP contribution in [0.25, 0.3) is 0 Å². The standard InChI is InChI=1S/C16H30N4O/c1-19(2)9-5-7-15(11-17)13-21-14-16(12-18)8-6-10-20(3)4/h15-16H,5-10,13-14H2,1-4H3. The molecule has 0 aromatic carbocycles. The molecule has 0 aliphatic heterocycles. The predicted molar refractivity (Wildman–Crippen MR) is 84.6 cm³/mol. The van der Waals surface area contributed by atoms with Crippen LogP contribution in [0.1, 0.15) is 25.7 Å². The fourth-order valence-electron chi connectivity index (χ4n) is 2.03. The molecule has 0 rings (SSSR count). The second kappa shape index (κ2) is 12.6. The summed E-state index contributed by atoms with van der Waals surface area (Å²) in [6.45, 7) is 2.86. The Labute approximate surface area is 130 Å². The van der Waals surface area contributed by atoms with Gasteiger partial charge in [0, 0.05) is 0 Å². The minimum atomic E-state index is -0.0638. The number of nitrogens with zero attached hydrogens (tertiary/aromatic N) is 4. The fourth-order valence-corrected chi connectivity index (χ4v) is 2.03. The maximum Gasteiger partial charge on any atom is 0.0697 e. The molecule has 2 atom stereocenters. The highest BCUT2D eigenvalue weighted by Crippen LogP contribution is 2.10. The van der Waals surface area contributed by atoms with E-state index in [4.69, 9.17) is 15.3 Å². The molecule has 0 amide bonds. The molecule has 0 aliphatic carbocycles. The number of nitriles is 2. The van der Waals surface area contributed by atoms with E-state index in [1.807, 2.05) is 28.2 Å². The molecule has 0 aliphatic rings. The number of hydrogen-bond acceptors (Lipinski definition) is 5. The molecule has 0 saturated carbocycles. The van der Waals surface area contributed by atoms with Crippen LogP contribution in [0.15, 0.2) is 0 Å². The van der Waals surface area contributed by atoms with Crippen molar-refractivity contribution in [3.63, 3.8) is 0 Å². The lowest BCUT2D eigenvalue weighted by molar-refractivity contribution is 0.0903. The quantitative estimate of drug-likeness (QED) is 0.550. The van der Waals surface area contributed by atoms with Gasteiger partial charge in [-0.15, -0.1) is 0 Å². The Morgan fingerprint density at radius 3 is 1.48 bits per heavy atom. The summed E-state index contributed by atoms with van der Waals surface area (Å²) in [6, 6.07) is 4.59. The van der Waals surface area contributed by atoms with E-state index in [-0.39, 0.29) is 11.8 Å². The van der Waals surface area contributed by atoms with Gasteiger partial charge >= 0.3 is 0 Å². The van der Waals surface area contributed by atoms with Crippen LogP contribution in [0.5, 0.6) is 0 Å². The van der Waals surface area contributed by atoms with E-state index in [9.17, 15) is 0 Å². The van der Waals surface area contributed by atoms with Crippen molar-refractivity contribution in [1.82, 2.24) is 9.80 Å². The molecular weight excluding hydrogens is 264 g/mol. The van der Waals surface area contributed by atoms with Gasteiger partial charge in [-0.1, -0.05) is 0 Å². The first-order chi connectivity index (χ1) is 9.99. The van der Waals surface area contributed by atoms with Gasteiger partial charge in [0.15, 0.2) is 0 Å². The van der Waals surface area contributed by atoms with Crippen molar-refractivity contribution >= 4 is 0 Å². The average molecular weight is 294 g/mol. The van der Waals surface area contributed by atoms with E-state index in [1.54, 1.807) is 0 Å². The van der Waals surface area contributed by atoms with E-state index in [2.05, 4.69) is 21.9 Å². The van der Waals surface area contributed by atoms with Crippen molar-refractivity contribution in [2.75, 3.05) is 54.5 Å². The molecule has 0 spiro atoms. The summed E-state index contributed by atoms with van der Waals surface area (Å²) in [6.07, 6.45) is 3.71. The maximum atomic E-state index is 9.10. The van der Waals surface area contributed by atoms with Crippen LogP contribution in [0, 0.1) is 34.5 Å². The third kappa shape index (κ3) is 12.3. The topological polar surface area (TPSA) is 63.3 Å². The van der Waals surface area contributed by atoms with Crippen LogP contribution in [0.2, 0.25) is 0 Å². The molecule has 0 aromatic rings. The first kappa shape index (κ1) is 19.9. The predicted octanol–water partition coefficient (Wildman–Crippen LogP) is 1.97. The van der Waals surface area contributed by atoms with Crippen molar-refractivity contribution < 1.29 is 4.74 Å². The van der Waals surface area contributed by atoms with Crippen molar-refractivity contribution in [1.29, 1.82) is 10.5 Å².